The standard InChI is InChI=1S/C18H24IN3O2/c19-15-6-4-14(5-7-15)16(23)3-1-2-12-22-13-21-17(24)18(22)8-10-20-11-9-18/h4-7,20H,1-3,8-13H2,(H,21,24). The number of piperidine rings is 1. The number of hydrogen-bond donors (Lipinski definition) is 2. The van der Waals surface area contributed by atoms with Gasteiger partial charge >= 0.3 is 0 Å². The second-order valence-electron chi connectivity index (χ2n) is 6.60. The summed E-state index contributed by atoms with van der Waals surface area (Å²) < 4.78 is 1.14. The lowest BCUT2D eigenvalue weighted by atomic mass is 9.87. The maximum absolute atomic E-state index is 12.3. The normalized spacial score (nSPS) is 20.3. The minimum Gasteiger partial charge on any atom is -0.342 e. The highest BCUT2D eigenvalue weighted by atomic mass is 127. The lowest BCUT2D eigenvalue weighted by molar-refractivity contribution is -0.128. The monoisotopic (exact) mass is 441 g/mol. The summed E-state index contributed by atoms with van der Waals surface area (Å²) in [5.74, 6) is 0.387. The molecule has 0 aliphatic carbocycles. The molecule has 0 radical (unpaired) electrons. The van der Waals surface area contributed by atoms with Crippen molar-refractivity contribution in [3.63, 3.8) is 0 Å². The number of halogens is 1. The number of hydrogen-bond acceptors (Lipinski definition) is 4. The number of ketones is 1. The Morgan fingerprint density at radius 2 is 1.88 bits per heavy atom. The fourth-order valence-corrected chi connectivity index (χ4v) is 4.03. The van der Waals surface area contributed by atoms with Gasteiger partial charge in [0.25, 0.3) is 0 Å². The van der Waals surface area contributed by atoms with Crippen LogP contribution in [0.15, 0.2) is 24.3 Å². The van der Waals surface area contributed by atoms with Crippen molar-refractivity contribution < 1.29 is 9.59 Å². The SMILES string of the molecule is O=C(CCCCN1CNC(=O)C12CCNCC2)c1ccc(I)cc1. The van der Waals surface area contributed by atoms with Crippen LogP contribution in [0.1, 0.15) is 42.5 Å². The molecule has 2 heterocycles. The Morgan fingerprint density at radius 3 is 2.58 bits per heavy atom. The van der Waals surface area contributed by atoms with E-state index in [0.717, 1.165) is 54.5 Å². The summed E-state index contributed by atoms with van der Waals surface area (Å²) in [6.07, 6.45) is 4.13. The van der Waals surface area contributed by atoms with Gasteiger partial charge in [0.05, 0.1) is 6.67 Å². The van der Waals surface area contributed by atoms with Crippen molar-refractivity contribution in [2.75, 3.05) is 26.3 Å². The molecule has 24 heavy (non-hydrogen) atoms. The number of benzene rings is 1. The Kier molecular flexibility index (Phi) is 5.89. The molecule has 0 bridgehead atoms. The van der Waals surface area contributed by atoms with Gasteiger partial charge in [0.1, 0.15) is 5.54 Å². The van der Waals surface area contributed by atoms with Crippen LogP contribution in [0, 0.1) is 3.57 Å². The van der Waals surface area contributed by atoms with E-state index in [9.17, 15) is 9.59 Å². The molecule has 0 atom stereocenters. The summed E-state index contributed by atoms with van der Waals surface area (Å²) in [5, 5.41) is 6.33. The molecule has 0 saturated carbocycles. The first-order valence-corrected chi connectivity index (χ1v) is 9.72. The van der Waals surface area contributed by atoms with Gasteiger partial charge in [-0.25, -0.2) is 0 Å². The van der Waals surface area contributed by atoms with Crippen LogP contribution in [0.4, 0.5) is 0 Å². The average Bonchev–Trinajstić information content (AvgIpc) is 2.89. The van der Waals surface area contributed by atoms with E-state index in [1.165, 1.54) is 0 Å². The molecule has 0 aromatic heterocycles. The van der Waals surface area contributed by atoms with E-state index in [4.69, 9.17) is 0 Å². The zero-order valence-corrected chi connectivity index (χ0v) is 16.0. The van der Waals surface area contributed by atoms with Crippen molar-refractivity contribution in [2.24, 2.45) is 0 Å². The molecule has 5 nitrogen and oxygen atoms in total. The molecule has 3 rings (SSSR count). The predicted octanol–water partition coefficient (Wildman–Crippen LogP) is 2.16. The Bertz CT molecular complexity index is 597. The molecule has 2 aliphatic heterocycles. The van der Waals surface area contributed by atoms with Crippen molar-refractivity contribution in [3.05, 3.63) is 33.4 Å². The Morgan fingerprint density at radius 1 is 1.17 bits per heavy atom. The highest BCUT2D eigenvalue weighted by Crippen LogP contribution is 2.30. The number of amides is 1. The molecule has 2 N–H and O–H groups in total. The molecule has 1 aromatic carbocycles. The number of unbranched alkanes of at least 4 members (excludes halogenated alkanes) is 1. The molecule has 6 heteroatoms. The van der Waals surface area contributed by atoms with Crippen molar-refractivity contribution in [1.29, 1.82) is 0 Å². The fraction of sp³-hybridized carbons (Fsp3) is 0.556. The zero-order valence-electron chi connectivity index (χ0n) is 13.8. The maximum Gasteiger partial charge on any atom is 0.241 e. The predicted molar refractivity (Wildman–Crippen MR) is 102 cm³/mol. The van der Waals surface area contributed by atoms with Gasteiger partial charge in [0.15, 0.2) is 5.78 Å². The molecule has 1 spiro atoms. The number of carbonyl (C=O) groups excluding carboxylic acids is 2. The van der Waals surface area contributed by atoms with Gasteiger partial charge in [-0.15, -0.1) is 0 Å². The number of Topliss-reactive ketones (excluding diaryl/α,β-unsaturated/α-hetero) is 1. The van der Waals surface area contributed by atoms with Crippen molar-refractivity contribution in [3.8, 4) is 0 Å². The van der Waals surface area contributed by atoms with Gasteiger partial charge in [0, 0.05) is 22.1 Å². The smallest absolute Gasteiger partial charge is 0.241 e. The first-order valence-electron chi connectivity index (χ1n) is 8.65. The average molecular weight is 441 g/mol. The molecule has 0 unspecified atom stereocenters. The molecule has 130 valence electrons. The third-order valence-corrected chi connectivity index (χ3v) is 5.86. The first-order chi connectivity index (χ1) is 11.6. The summed E-state index contributed by atoms with van der Waals surface area (Å²) in [5.41, 5.74) is 0.481. The highest BCUT2D eigenvalue weighted by molar-refractivity contribution is 14.1. The summed E-state index contributed by atoms with van der Waals surface area (Å²) in [6, 6.07) is 7.74. The van der Waals surface area contributed by atoms with Gasteiger partial charge in [-0.3, -0.25) is 14.5 Å². The Balaban J connectivity index is 1.47. The molecule has 2 aliphatic rings. The fourth-order valence-electron chi connectivity index (χ4n) is 3.67. The van der Waals surface area contributed by atoms with Crippen LogP contribution >= 0.6 is 22.6 Å². The van der Waals surface area contributed by atoms with Crippen LogP contribution in [0.3, 0.4) is 0 Å². The number of carbonyl (C=O) groups is 2. The van der Waals surface area contributed by atoms with Crippen LogP contribution < -0.4 is 10.6 Å². The lowest BCUT2D eigenvalue weighted by Crippen LogP contribution is -2.55. The minimum absolute atomic E-state index is 0.180. The summed E-state index contributed by atoms with van der Waals surface area (Å²) >= 11 is 2.24. The lowest BCUT2D eigenvalue weighted by Gasteiger charge is -2.38. The van der Waals surface area contributed by atoms with Crippen LogP contribution in [-0.2, 0) is 4.79 Å². The van der Waals surface area contributed by atoms with E-state index >= 15 is 0 Å². The number of rotatable bonds is 6. The van der Waals surface area contributed by atoms with Crippen molar-refractivity contribution in [2.45, 2.75) is 37.6 Å². The van der Waals surface area contributed by atoms with Crippen LogP contribution in [-0.4, -0.2) is 48.4 Å². The molecular formula is C18H24IN3O2. The largest absolute Gasteiger partial charge is 0.342 e. The first kappa shape index (κ1) is 17.8. The van der Waals surface area contributed by atoms with E-state index in [1.54, 1.807) is 0 Å². The Labute approximate surface area is 156 Å². The van der Waals surface area contributed by atoms with E-state index in [-0.39, 0.29) is 17.2 Å². The molecule has 2 saturated heterocycles. The van der Waals surface area contributed by atoms with E-state index in [0.29, 0.717) is 13.1 Å². The van der Waals surface area contributed by atoms with Gasteiger partial charge in [-0.1, -0.05) is 12.1 Å². The second kappa shape index (κ2) is 7.93. The summed E-state index contributed by atoms with van der Waals surface area (Å²) in [6.45, 7) is 3.31. The summed E-state index contributed by atoms with van der Waals surface area (Å²) in [4.78, 5) is 26.8. The minimum atomic E-state index is -0.314. The molecule has 2 fully saturated rings. The van der Waals surface area contributed by atoms with Crippen LogP contribution in [0.5, 0.6) is 0 Å². The molecular weight excluding hydrogens is 417 g/mol. The number of nitrogens with one attached hydrogen (secondary N) is 2. The maximum atomic E-state index is 12.3. The third kappa shape index (κ3) is 3.81. The second-order valence-corrected chi connectivity index (χ2v) is 7.84. The van der Waals surface area contributed by atoms with Gasteiger partial charge in [0.2, 0.25) is 5.91 Å². The van der Waals surface area contributed by atoms with Crippen LogP contribution in [0.2, 0.25) is 0 Å². The number of nitrogens with zero attached hydrogens (tertiary/aromatic N) is 1. The summed E-state index contributed by atoms with van der Waals surface area (Å²) in [7, 11) is 0. The highest BCUT2D eigenvalue weighted by Gasteiger charge is 2.48. The zero-order chi connectivity index (χ0) is 17.0. The molecule has 1 amide bonds. The van der Waals surface area contributed by atoms with Crippen molar-refractivity contribution in [1.82, 2.24) is 15.5 Å². The van der Waals surface area contributed by atoms with Gasteiger partial charge < -0.3 is 10.6 Å². The topological polar surface area (TPSA) is 61.4 Å². The van der Waals surface area contributed by atoms with Gasteiger partial charge in [-0.05, 0) is 73.5 Å². The van der Waals surface area contributed by atoms with Gasteiger partial charge in [-0.2, -0.15) is 0 Å². The Hall–Kier alpha value is -0.990. The quantitative estimate of drug-likeness (QED) is 0.404. The molecule has 1 aromatic rings. The van der Waals surface area contributed by atoms with E-state index in [2.05, 4.69) is 38.1 Å². The van der Waals surface area contributed by atoms with Crippen LogP contribution in [0.25, 0.3) is 0 Å². The van der Waals surface area contributed by atoms with Crippen molar-refractivity contribution >= 4 is 34.3 Å². The van der Waals surface area contributed by atoms with E-state index in [1.807, 2.05) is 24.3 Å². The van der Waals surface area contributed by atoms with E-state index < -0.39 is 0 Å². The third-order valence-electron chi connectivity index (χ3n) is 5.14.